The summed E-state index contributed by atoms with van der Waals surface area (Å²) in [6.07, 6.45) is 0.0914. The van der Waals surface area contributed by atoms with Crippen molar-refractivity contribution in [3.05, 3.63) is 68.7 Å². The van der Waals surface area contributed by atoms with Crippen LogP contribution in [-0.2, 0) is 22.6 Å². The van der Waals surface area contributed by atoms with E-state index < -0.39 is 11.6 Å². The third-order valence-electron chi connectivity index (χ3n) is 4.30. The van der Waals surface area contributed by atoms with Gasteiger partial charge in [0.05, 0.1) is 16.5 Å². The number of rotatable bonds is 6. The molecule has 2 rings (SSSR count). The maximum absolute atomic E-state index is 13.2. The SMILES string of the molecule is CC(C(=O)NC(C)(C)C)N(Cc1ccc(Cl)c(Cl)c1)C(=O)Cc1ccccc1Cl. The van der Waals surface area contributed by atoms with Gasteiger partial charge in [-0.25, -0.2) is 0 Å². The molecule has 1 N–H and O–H groups in total. The van der Waals surface area contributed by atoms with Crippen LogP contribution in [0.15, 0.2) is 42.5 Å². The van der Waals surface area contributed by atoms with Crippen LogP contribution < -0.4 is 5.32 Å². The Balaban J connectivity index is 2.30. The first-order valence-electron chi connectivity index (χ1n) is 9.27. The zero-order valence-corrected chi connectivity index (χ0v) is 19.2. The largest absolute Gasteiger partial charge is 0.350 e. The minimum atomic E-state index is -0.682. The van der Waals surface area contributed by atoms with E-state index in [1.807, 2.05) is 32.9 Å². The van der Waals surface area contributed by atoms with E-state index in [4.69, 9.17) is 34.8 Å². The van der Waals surface area contributed by atoms with Crippen molar-refractivity contribution in [3.8, 4) is 0 Å². The van der Waals surface area contributed by atoms with Gasteiger partial charge in [-0.3, -0.25) is 9.59 Å². The van der Waals surface area contributed by atoms with Gasteiger partial charge in [-0.2, -0.15) is 0 Å². The molecule has 1 unspecified atom stereocenters. The smallest absolute Gasteiger partial charge is 0.242 e. The zero-order chi connectivity index (χ0) is 21.8. The van der Waals surface area contributed by atoms with Gasteiger partial charge in [0.2, 0.25) is 11.8 Å². The van der Waals surface area contributed by atoms with Gasteiger partial charge in [0, 0.05) is 17.1 Å². The molecule has 2 aromatic carbocycles. The molecule has 4 nitrogen and oxygen atoms in total. The number of nitrogens with zero attached hydrogens (tertiary/aromatic N) is 1. The molecule has 0 saturated carbocycles. The third-order valence-corrected chi connectivity index (χ3v) is 5.41. The van der Waals surface area contributed by atoms with Crippen LogP contribution in [0.5, 0.6) is 0 Å². The van der Waals surface area contributed by atoms with E-state index in [-0.39, 0.29) is 24.8 Å². The molecule has 0 radical (unpaired) electrons. The highest BCUT2D eigenvalue weighted by molar-refractivity contribution is 6.42. The number of hydrogen-bond acceptors (Lipinski definition) is 2. The lowest BCUT2D eigenvalue weighted by Crippen LogP contribution is -2.52. The molecule has 7 heteroatoms. The Labute approximate surface area is 187 Å². The number of carbonyl (C=O) groups is 2. The van der Waals surface area contributed by atoms with Crippen molar-refractivity contribution in [1.82, 2.24) is 10.2 Å². The Kier molecular flexibility index (Phi) is 7.98. The summed E-state index contributed by atoms with van der Waals surface area (Å²) < 4.78 is 0. The number of carbonyl (C=O) groups excluding carboxylic acids is 2. The summed E-state index contributed by atoms with van der Waals surface area (Å²) in [6.45, 7) is 7.62. The maximum atomic E-state index is 13.2. The number of benzene rings is 2. The summed E-state index contributed by atoms with van der Waals surface area (Å²) in [6, 6.07) is 11.7. The van der Waals surface area contributed by atoms with Crippen LogP contribution in [0.1, 0.15) is 38.8 Å². The second kappa shape index (κ2) is 9.84. The molecule has 0 aliphatic rings. The Hall–Kier alpha value is -1.75. The van der Waals surface area contributed by atoms with Gasteiger partial charge in [-0.15, -0.1) is 0 Å². The van der Waals surface area contributed by atoms with Crippen molar-refractivity contribution in [2.45, 2.75) is 52.2 Å². The zero-order valence-electron chi connectivity index (χ0n) is 16.9. The van der Waals surface area contributed by atoms with Gasteiger partial charge in [0.25, 0.3) is 0 Å². The van der Waals surface area contributed by atoms with E-state index in [0.29, 0.717) is 20.6 Å². The lowest BCUT2D eigenvalue weighted by Gasteiger charge is -2.31. The summed E-state index contributed by atoms with van der Waals surface area (Å²) >= 11 is 18.3. The monoisotopic (exact) mass is 454 g/mol. The second-order valence-corrected chi connectivity index (χ2v) is 9.18. The number of nitrogens with one attached hydrogen (secondary N) is 1. The molecule has 156 valence electrons. The summed E-state index contributed by atoms with van der Waals surface area (Å²) in [5.74, 6) is -0.439. The Morgan fingerprint density at radius 3 is 2.24 bits per heavy atom. The van der Waals surface area contributed by atoms with Gasteiger partial charge in [0.15, 0.2) is 0 Å². The average molecular weight is 456 g/mol. The van der Waals surface area contributed by atoms with Gasteiger partial charge < -0.3 is 10.2 Å². The summed E-state index contributed by atoms with van der Waals surface area (Å²) in [7, 11) is 0. The highest BCUT2D eigenvalue weighted by Gasteiger charge is 2.28. The first kappa shape index (κ1) is 23.5. The predicted octanol–water partition coefficient (Wildman–Crippen LogP) is 5.52. The van der Waals surface area contributed by atoms with Gasteiger partial charge in [-0.1, -0.05) is 59.1 Å². The van der Waals surface area contributed by atoms with Gasteiger partial charge >= 0.3 is 0 Å². The molecule has 0 heterocycles. The highest BCUT2D eigenvalue weighted by atomic mass is 35.5. The summed E-state index contributed by atoms with van der Waals surface area (Å²) in [4.78, 5) is 27.4. The normalized spacial score (nSPS) is 12.4. The lowest BCUT2D eigenvalue weighted by molar-refractivity contribution is -0.140. The molecule has 2 aromatic rings. The molecule has 0 bridgehead atoms. The summed E-state index contributed by atoms with van der Waals surface area (Å²) in [5.41, 5.74) is 1.08. The Morgan fingerprint density at radius 2 is 1.66 bits per heavy atom. The fourth-order valence-corrected chi connectivity index (χ4v) is 3.32. The molecule has 0 spiro atoms. The van der Waals surface area contributed by atoms with E-state index in [9.17, 15) is 9.59 Å². The van der Waals surface area contributed by atoms with Crippen LogP contribution in [-0.4, -0.2) is 28.3 Å². The molecule has 0 saturated heterocycles. The van der Waals surface area contributed by atoms with Gasteiger partial charge in [0.1, 0.15) is 6.04 Å². The molecule has 2 amide bonds. The molecule has 0 aliphatic heterocycles. The van der Waals surface area contributed by atoms with Crippen LogP contribution >= 0.6 is 34.8 Å². The predicted molar refractivity (Wildman–Crippen MR) is 120 cm³/mol. The number of amides is 2. The molecule has 0 aromatic heterocycles. The van der Waals surface area contributed by atoms with E-state index in [1.54, 1.807) is 37.3 Å². The van der Waals surface area contributed by atoms with Crippen LogP contribution in [0.3, 0.4) is 0 Å². The fraction of sp³-hybridized carbons (Fsp3) is 0.364. The first-order chi connectivity index (χ1) is 13.5. The van der Waals surface area contributed by atoms with Crippen molar-refractivity contribution in [3.63, 3.8) is 0 Å². The van der Waals surface area contributed by atoms with E-state index in [0.717, 1.165) is 5.56 Å². The molecule has 0 aliphatic carbocycles. The Bertz CT molecular complexity index is 894. The standard InChI is InChI=1S/C22H25Cl3N2O2/c1-14(21(29)26-22(2,3)4)27(13-15-9-10-18(24)19(25)11-15)20(28)12-16-7-5-6-8-17(16)23/h5-11,14H,12-13H2,1-4H3,(H,26,29). The molecular weight excluding hydrogens is 431 g/mol. The number of halogens is 3. The quantitative estimate of drug-likeness (QED) is 0.623. The summed E-state index contributed by atoms with van der Waals surface area (Å²) in [5, 5.41) is 4.28. The average Bonchev–Trinajstić information content (AvgIpc) is 2.62. The van der Waals surface area contributed by atoms with E-state index in [1.165, 1.54) is 4.90 Å². The van der Waals surface area contributed by atoms with Crippen molar-refractivity contribution >= 4 is 46.6 Å². The van der Waals surface area contributed by atoms with Crippen LogP contribution in [0.2, 0.25) is 15.1 Å². The first-order valence-corrected chi connectivity index (χ1v) is 10.4. The molecule has 0 fully saturated rings. The fourth-order valence-electron chi connectivity index (χ4n) is 2.80. The minimum absolute atomic E-state index is 0.0914. The Morgan fingerprint density at radius 1 is 1.00 bits per heavy atom. The second-order valence-electron chi connectivity index (χ2n) is 7.95. The number of hydrogen-bond donors (Lipinski definition) is 1. The van der Waals surface area contributed by atoms with Crippen molar-refractivity contribution in [2.24, 2.45) is 0 Å². The minimum Gasteiger partial charge on any atom is -0.350 e. The molecular formula is C22H25Cl3N2O2. The highest BCUT2D eigenvalue weighted by Crippen LogP contribution is 2.24. The lowest BCUT2D eigenvalue weighted by atomic mass is 10.1. The van der Waals surface area contributed by atoms with Gasteiger partial charge in [-0.05, 0) is 57.0 Å². The molecule has 1 atom stereocenters. The van der Waals surface area contributed by atoms with E-state index >= 15 is 0 Å². The maximum Gasteiger partial charge on any atom is 0.242 e. The van der Waals surface area contributed by atoms with E-state index in [2.05, 4.69) is 5.32 Å². The molecule has 29 heavy (non-hydrogen) atoms. The van der Waals surface area contributed by atoms with Crippen LogP contribution in [0.25, 0.3) is 0 Å². The van der Waals surface area contributed by atoms with Crippen molar-refractivity contribution < 1.29 is 9.59 Å². The van der Waals surface area contributed by atoms with Crippen molar-refractivity contribution in [2.75, 3.05) is 0 Å². The topological polar surface area (TPSA) is 49.4 Å². The van der Waals surface area contributed by atoms with Crippen molar-refractivity contribution in [1.29, 1.82) is 0 Å². The van der Waals surface area contributed by atoms with Crippen LogP contribution in [0.4, 0.5) is 0 Å². The third kappa shape index (κ3) is 6.91. The van der Waals surface area contributed by atoms with Crippen LogP contribution in [0, 0.1) is 0 Å².